The predicted molar refractivity (Wildman–Crippen MR) is 78.1 cm³/mol. The monoisotopic (exact) mass is 383 g/mol. The third kappa shape index (κ3) is 3.95. The van der Waals surface area contributed by atoms with Crippen molar-refractivity contribution in [1.82, 2.24) is 0 Å². The van der Waals surface area contributed by atoms with Gasteiger partial charge in [-0.2, -0.15) is 0 Å². The molecule has 2 aromatic rings. The molecule has 0 bridgehead atoms. The van der Waals surface area contributed by atoms with Crippen LogP contribution in [0.3, 0.4) is 0 Å². The highest BCUT2D eigenvalue weighted by Crippen LogP contribution is 2.29. The Bertz CT molecular complexity index is 541. The highest BCUT2D eigenvalue weighted by Gasteiger charge is 2.09. The van der Waals surface area contributed by atoms with E-state index in [1.54, 1.807) is 0 Å². The van der Waals surface area contributed by atoms with E-state index in [2.05, 4.69) is 36.0 Å². The molecule has 0 spiro atoms. The Morgan fingerprint density at radius 2 is 1.60 bits per heavy atom. The van der Waals surface area contributed by atoms with Gasteiger partial charge in [-0.3, -0.25) is 0 Å². The van der Waals surface area contributed by atoms with Crippen LogP contribution in [0.5, 0.6) is 5.75 Å². The Balaban J connectivity index is 0.00000200. The van der Waals surface area contributed by atoms with Crippen LogP contribution in [0.4, 0.5) is 0 Å². The lowest BCUT2D eigenvalue weighted by Crippen LogP contribution is -3.00. The Labute approximate surface area is 138 Å². The van der Waals surface area contributed by atoms with Crippen LogP contribution in [0, 0.1) is 13.8 Å². The second-order valence-corrected chi connectivity index (χ2v) is 5.13. The minimum atomic E-state index is 0. The molecule has 0 saturated carbocycles. The van der Waals surface area contributed by atoms with Crippen LogP contribution in [0.15, 0.2) is 36.7 Å². The number of unbranched alkanes of at least 4 members (excludes halogenated alkanes) is 1. The molecule has 0 fully saturated rings. The number of aromatic nitrogens is 1. The lowest BCUT2D eigenvalue weighted by atomic mass is 9.96. The molecule has 0 atom stereocenters. The third-order valence-corrected chi connectivity index (χ3v) is 3.47. The number of aromatic hydroxyl groups is 1. The molecule has 0 saturated heterocycles. The fourth-order valence-electron chi connectivity index (χ4n) is 2.51. The maximum absolute atomic E-state index is 9.60. The number of pyridine rings is 1. The van der Waals surface area contributed by atoms with E-state index in [-0.39, 0.29) is 24.0 Å². The average molecular weight is 383 g/mol. The van der Waals surface area contributed by atoms with Crippen molar-refractivity contribution in [3.05, 3.63) is 47.8 Å². The lowest BCUT2D eigenvalue weighted by molar-refractivity contribution is -0.697. The van der Waals surface area contributed by atoms with E-state index in [1.165, 1.54) is 24.0 Å². The van der Waals surface area contributed by atoms with Crippen LogP contribution in [-0.2, 0) is 6.54 Å². The largest absolute Gasteiger partial charge is 1.00 e. The fourth-order valence-corrected chi connectivity index (χ4v) is 2.51. The summed E-state index contributed by atoms with van der Waals surface area (Å²) in [6, 6.07) is 7.95. The molecule has 0 unspecified atom stereocenters. The summed E-state index contributed by atoms with van der Waals surface area (Å²) in [6.45, 7) is 7.36. The van der Waals surface area contributed by atoms with Crippen molar-refractivity contribution in [3.8, 4) is 16.9 Å². The van der Waals surface area contributed by atoms with Crippen molar-refractivity contribution in [2.45, 2.75) is 40.2 Å². The molecule has 3 heteroatoms. The Morgan fingerprint density at radius 1 is 1.05 bits per heavy atom. The smallest absolute Gasteiger partial charge is 0.169 e. The topological polar surface area (TPSA) is 24.1 Å². The summed E-state index contributed by atoms with van der Waals surface area (Å²) in [5, 5.41) is 9.60. The summed E-state index contributed by atoms with van der Waals surface area (Å²) in [5.74, 6) is 0.340. The molecule has 0 radical (unpaired) electrons. The minimum absolute atomic E-state index is 0. The zero-order chi connectivity index (χ0) is 13.8. The van der Waals surface area contributed by atoms with Gasteiger partial charge in [0.2, 0.25) is 0 Å². The number of nitrogens with zero attached hydrogens (tertiary/aromatic N) is 1. The molecule has 2 rings (SSSR count). The number of phenols is 1. The van der Waals surface area contributed by atoms with E-state index in [4.69, 9.17) is 0 Å². The van der Waals surface area contributed by atoms with Crippen LogP contribution in [-0.4, -0.2) is 5.11 Å². The molecule has 0 aliphatic carbocycles. The summed E-state index contributed by atoms with van der Waals surface area (Å²) in [5.41, 5.74) is 4.66. The molecule has 1 heterocycles. The van der Waals surface area contributed by atoms with E-state index in [0.717, 1.165) is 17.7 Å². The van der Waals surface area contributed by atoms with E-state index >= 15 is 0 Å². The predicted octanol–water partition coefficient (Wildman–Crippen LogP) is 0.768. The molecule has 0 aliphatic heterocycles. The SMILES string of the molecule is CCCC[n+]1ccc(-c2c(C)cc(O)cc2C)cc1.[I-]. The van der Waals surface area contributed by atoms with Gasteiger partial charge in [-0.15, -0.1) is 0 Å². The van der Waals surface area contributed by atoms with Crippen molar-refractivity contribution in [1.29, 1.82) is 0 Å². The van der Waals surface area contributed by atoms with Crippen molar-refractivity contribution < 1.29 is 33.7 Å². The molecular weight excluding hydrogens is 361 g/mol. The summed E-state index contributed by atoms with van der Waals surface area (Å²) < 4.78 is 2.22. The molecule has 1 aromatic heterocycles. The highest BCUT2D eigenvalue weighted by molar-refractivity contribution is 5.71. The minimum Gasteiger partial charge on any atom is -1.00 e. The number of hydrogen-bond acceptors (Lipinski definition) is 1. The maximum Gasteiger partial charge on any atom is 0.169 e. The molecular formula is C17H22INO. The summed E-state index contributed by atoms with van der Waals surface area (Å²) in [6.07, 6.45) is 6.69. The van der Waals surface area contributed by atoms with Gasteiger partial charge in [0.05, 0.1) is 0 Å². The van der Waals surface area contributed by atoms with Crippen molar-refractivity contribution in [3.63, 3.8) is 0 Å². The van der Waals surface area contributed by atoms with E-state index in [0.29, 0.717) is 5.75 Å². The Kier molecular flexibility index (Phi) is 6.46. The van der Waals surface area contributed by atoms with Crippen molar-refractivity contribution >= 4 is 0 Å². The van der Waals surface area contributed by atoms with Crippen molar-refractivity contribution in [2.24, 2.45) is 0 Å². The molecule has 0 amide bonds. The van der Waals surface area contributed by atoms with E-state index in [9.17, 15) is 5.11 Å². The second kappa shape index (κ2) is 7.62. The first-order valence-electron chi connectivity index (χ1n) is 6.91. The quantitative estimate of drug-likeness (QED) is 0.612. The van der Waals surface area contributed by atoms with Gasteiger partial charge in [-0.25, -0.2) is 4.57 Å². The van der Waals surface area contributed by atoms with Gasteiger partial charge in [0.15, 0.2) is 12.4 Å². The van der Waals surface area contributed by atoms with E-state index in [1.807, 2.05) is 26.0 Å². The zero-order valence-corrected chi connectivity index (χ0v) is 14.5. The number of rotatable bonds is 4. The Hall–Kier alpha value is -1.10. The molecule has 2 nitrogen and oxygen atoms in total. The van der Waals surface area contributed by atoms with Crippen LogP contribution >= 0.6 is 0 Å². The van der Waals surface area contributed by atoms with Gasteiger partial charge in [0.25, 0.3) is 0 Å². The van der Waals surface area contributed by atoms with E-state index < -0.39 is 0 Å². The maximum atomic E-state index is 9.60. The average Bonchev–Trinajstić information content (AvgIpc) is 2.36. The number of phenolic OH excluding ortho intramolecular Hbond substituents is 1. The second-order valence-electron chi connectivity index (χ2n) is 5.13. The lowest BCUT2D eigenvalue weighted by Gasteiger charge is -2.10. The van der Waals surface area contributed by atoms with Crippen LogP contribution in [0.1, 0.15) is 30.9 Å². The van der Waals surface area contributed by atoms with Crippen LogP contribution in [0.2, 0.25) is 0 Å². The number of halogens is 1. The molecule has 20 heavy (non-hydrogen) atoms. The summed E-state index contributed by atoms with van der Waals surface area (Å²) in [4.78, 5) is 0. The zero-order valence-electron chi connectivity index (χ0n) is 12.4. The van der Waals surface area contributed by atoms with Crippen LogP contribution < -0.4 is 28.5 Å². The highest BCUT2D eigenvalue weighted by atomic mass is 127. The number of hydrogen-bond donors (Lipinski definition) is 1. The summed E-state index contributed by atoms with van der Waals surface area (Å²) in [7, 11) is 0. The van der Waals surface area contributed by atoms with Gasteiger partial charge < -0.3 is 29.1 Å². The first-order chi connectivity index (χ1) is 9.11. The number of aryl methyl sites for hydroxylation is 3. The number of benzene rings is 1. The first-order valence-corrected chi connectivity index (χ1v) is 6.91. The molecule has 1 N–H and O–H groups in total. The summed E-state index contributed by atoms with van der Waals surface area (Å²) >= 11 is 0. The fraction of sp³-hybridized carbons (Fsp3) is 0.353. The van der Waals surface area contributed by atoms with Crippen LogP contribution in [0.25, 0.3) is 11.1 Å². The van der Waals surface area contributed by atoms with Gasteiger partial charge in [0.1, 0.15) is 12.3 Å². The molecule has 0 aliphatic rings. The first kappa shape index (κ1) is 17.0. The molecule has 108 valence electrons. The molecule has 1 aromatic carbocycles. The normalized spacial score (nSPS) is 10.2. The van der Waals surface area contributed by atoms with Crippen molar-refractivity contribution in [2.75, 3.05) is 0 Å². The third-order valence-electron chi connectivity index (χ3n) is 3.47. The Morgan fingerprint density at radius 3 is 2.10 bits per heavy atom. The van der Waals surface area contributed by atoms with Gasteiger partial charge in [-0.1, -0.05) is 13.3 Å². The van der Waals surface area contributed by atoms with Gasteiger partial charge >= 0.3 is 0 Å². The van der Waals surface area contributed by atoms with Gasteiger partial charge in [0, 0.05) is 18.6 Å². The standard InChI is InChI=1S/C17H21NO.HI/c1-4-5-8-18-9-6-15(7-10-18)17-13(2)11-16(19)12-14(17)3;/h6-7,9-12H,4-5,8H2,1-3H3;1H. The van der Waals surface area contributed by atoms with Gasteiger partial charge in [-0.05, 0) is 48.2 Å².